The van der Waals surface area contributed by atoms with Crippen molar-refractivity contribution in [3.63, 3.8) is 0 Å². The van der Waals surface area contributed by atoms with Crippen molar-refractivity contribution in [3.8, 4) is 0 Å². The third-order valence-corrected chi connectivity index (χ3v) is 4.94. The summed E-state index contributed by atoms with van der Waals surface area (Å²) in [6.45, 7) is 2.02. The highest BCUT2D eigenvalue weighted by atomic mass is 127. The zero-order chi connectivity index (χ0) is 13.6. The molecule has 0 aromatic heterocycles. The van der Waals surface area contributed by atoms with E-state index in [9.17, 15) is 5.11 Å². The van der Waals surface area contributed by atoms with Crippen LogP contribution in [0.1, 0.15) is 57.8 Å². The maximum absolute atomic E-state index is 9.27. The lowest BCUT2D eigenvalue weighted by Gasteiger charge is -2.35. The highest BCUT2D eigenvalue weighted by molar-refractivity contribution is 14.0. The van der Waals surface area contributed by atoms with E-state index in [1.54, 1.807) is 0 Å². The smallest absolute Gasteiger partial charge is 0.188 e. The summed E-state index contributed by atoms with van der Waals surface area (Å²) in [7, 11) is 0. The van der Waals surface area contributed by atoms with Gasteiger partial charge in [0.25, 0.3) is 0 Å². The molecule has 0 bridgehead atoms. The standard InChI is InChI=1S/C15H29N3O.HI/c16-14(17-11-13-5-4-6-13)18-12-15(9-10-19)7-2-1-3-8-15;/h13,19H,1-12H2,(H3,16,17,18);1H. The van der Waals surface area contributed by atoms with Crippen LogP contribution in [0, 0.1) is 11.3 Å². The highest BCUT2D eigenvalue weighted by Crippen LogP contribution is 2.39. The van der Waals surface area contributed by atoms with Crippen LogP contribution in [0.4, 0.5) is 0 Å². The predicted molar refractivity (Wildman–Crippen MR) is 94.5 cm³/mol. The summed E-state index contributed by atoms with van der Waals surface area (Å²) in [4.78, 5) is 4.54. The van der Waals surface area contributed by atoms with Crippen LogP contribution in [0.2, 0.25) is 0 Å². The number of nitrogens with one attached hydrogen (secondary N) is 1. The number of halogens is 1. The lowest BCUT2D eigenvalue weighted by molar-refractivity contribution is 0.137. The molecule has 5 heteroatoms. The van der Waals surface area contributed by atoms with Crippen LogP contribution in [-0.4, -0.2) is 30.8 Å². The van der Waals surface area contributed by atoms with Gasteiger partial charge in [-0.2, -0.15) is 0 Å². The maximum Gasteiger partial charge on any atom is 0.188 e. The number of hydrogen-bond donors (Lipinski definition) is 3. The second-order valence-corrected chi connectivity index (χ2v) is 6.41. The van der Waals surface area contributed by atoms with Gasteiger partial charge in [-0.05, 0) is 43.4 Å². The summed E-state index contributed by atoms with van der Waals surface area (Å²) < 4.78 is 0. The molecule has 0 saturated heterocycles. The fourth-order valence-electron chi connectivity index (χ4n) is 3.28. The minimum atomic E-state index is 0. The third kappa shape index (κ3) is 5.39. The Labute approximate surface area is 140 Å². The van der Waals surface area contributed by atoms with E-state index in [2.05, 4.69) is 10.3 Å². The van der Waals surface area contributed by atoms with Gasteiger partial charge in [0.15, 0.2) is 5.96 Å². The van der Waals surface area contributed by atoms with Gasteiger partial charge in [-0.1, -0.05) is 25.7 Å². The van der Waals surface area contributed by atoms with Crippen LogP contribution >= 0.6 is 24.0 Å². The average Bonchev–Trinajstić information content (AvgIpc) is 2.36. The zero-order valence-corrected chi connectivity index (χ0v) is 14.8. The first-order valence-corrected chi connectivity index (χ1v) is 7.89. The number of hydrogen-bond acceptors (Lipinski definition) is 2. The van der Waals surface area contributed by atoms with E-state index >= 15 is 0 Å². The van der Waals surface area contributed by atoms with Gasteiger partial charge in [0.2, 0.25) is 0 Å². The molecule has 118 valence electrons. The molecule has 0 radical (unpaired) electrons. The second kappa shape index (κ2) is 9.07. The molecule has 4 nitrogen and oxygen atoms in total. The Kier molecular flexibility index (Phi) is 8.17. The first-order valence-electron chi connectivity index (χ1n) is 7.89. The van der Waals surface area contributed by atoms with Crippen molar-refractivity contribution in [2.24, 2.45) is 22.1 Å². The molecule has 2 aliphatic carbocycles. The molecular weight excluding hydrogens is 365 g/mol. The molecule has 0 aliphatic heterocycles. The van der Waals surface area contributed by atoms with E-state index in [0.717, 1.165) is 25.4 Å². The van der Waals surface area contributed by atoms with E-state index in [-0.39, 0.29) is 36.0 Å². The Morgan fingerprint density at radius 1 is 1.20 bits per heavy atom. The number of rotatable bonds is 6. The molecule has 0 aromatic carbocycles. The van der Waals surface area contributed by atoms with Gasteiger partial charge >= 0.3 is 0 Å². The van der Waals surface area contributed by atoms with Crippen LogP contribution < -0.4 is 11.1 Å². The van der Waals surface area contributed by atoms with Crippen molar-refractivity contribution in [1.29, 1.82) is 0 Å². The molecular formula is C15H30IN3O. The number of aliphatic imine (C=N–C) groups is 1. The Morgan fingerprint density at radius 3 is 2.45 bits per heavy atom. The van der Waals surface area contributed by atoms with Crippen LogP contribution in [0.15, 0.2) is 4.99 Å². The minimum Gasteiger partial charge on any atom is -0.396 e. The zero-order valence-electron chi connectivity index (χ0n) is 12.4. The Morgan fingerprint density at radius 2 is 1.90 bits per heavy atom. The molecule has 2 rings (SSSR count). The van der Waals surface area contributed by atoms with Crippen LogP contribution in [0.25, 0.3) is 0 Å². The molecule has 0 unspecified atom stereocenters. The molecule has 0 heterocycles. The second-order valence-electron chi connectivity index (χ2n) is 6.41. The lowest BCUT2D eigenvalue weighted by Crippen LogP contribution is -2.38. The largest absolute Gasteiger partial charge is 0.396 e. The summed E-state index contributed by atoms with van der Waals surface area (Å²) in [5.41, 5.74) is 6.15. The Bertz CT molecular complexity index is 294. The summed E-state index contributed by atoms with van der Waals surface area (Å²) in [5, 5.41) is 12.5. The fourth-order valence-corrected chi connectivity index (χ4v) is 3.28. The molecule has 20 heavy (non-hydrogen) atoms. The first kappa shape index (κ1) is 18.0. The lowest BCUT2D eigenvalue weighted by atomic mass is 9.72. The van der Waals surface area contributed by atoms with Crippen LogP contribution in [0.5, 0.6) is 0 Å². The van der Waals surface area contributed by atoms with Crippen molar-refractivity contribution in [1.82, 2.24) is 5.32 Å². The van der Waals surface area contributed by atoms with Gasteiger partial charge in [0, 0.05) is 19.7 Å². The van der Waals surface area contributed by atoms with Crippen molar-refractivity contribution in [2.45, 2.75) is 57.8 Å². The Hall–Kier alpha value is -0.0400. The summed E-state index contributed by atoms with van der Waals surface area (Å²) in [6, 6.07) is 0. The van der Waals surface area contributed by atoms with Gasteiger partial charge in [-0.3, -0.25) is 4.99 Å². The fraction of sp³-hybridized carbons (Fsp3) is 0.933. The van der Waals surface area contributed by atoms with Gasteiger partial charge in [0.05, 0.1) is 0 Å². The summed E-state index contributed by atoms with van der Waals surface area (Å²) in [6.07, 6.45) is 11.1. The highest BCUT2D eigenvalue weighted by Gasteiger charge is 2.31. The maximum atomic E-state index is 9.27. The number of guanidine groups is 1. The molecule has 2 fully saturated rings. The van der Waals surface area contributed by atoms with Crippen molar-refractivity contribution >= 4 is 29.9 Å². The molecule has 4 N–H and O–H groups in total. The van der Waals surface area contributed by atoms with Gasteiger partial charge in [0.1, 0.15) is 0 Å². The number of nitrogens with zero attached hydrogens (tertiary/aromatic N) is 1. The van der Waals surface area contributed by atoms with Gasteiger partial charge < -0.3 is 16.2 Å². The molecule has 2 aliphatic rings. The van der Waals surface area contributed by atoms with Crippen LogP contribution in [0.3, 0.4) is 0 Å². The molecule has 0 amide bonds. The third-order valence-electron chi connectivity index (χ3n) is 4.94. The minimum absolute atomic E-state index is 0. The van der Waals surface area contributed by atoms with E-state index < -0.39 is 0 Å². The normalized spacial score (nSPS) is 22.8. The molecule has 0 spiro atoms. The van der Waals surface area contributed by atoms with Crippen LogP contribution in [-0.2, 0) is 0 Å². The Balaban J connectivity index is 0.00000200. The summed E-state index contributed by atoms with van der Waals surface area (Å²) in [5.74, 6) is 1.39. The van der Waals surface area contributed by atoms with E-state index in [1.165, 1.54) is 51.4 Å². The molecule has 2 saturated carbocycles. The molecule has 0 atom stereocenters. The van der Waals surface area contributed by atoms with E-state index in [0.29, 0.717) is 5.96 Å². The quantitative estimate of drug-likeness (QED) is 0.368. The molecule has 0 aromatic rings. The topological polar surface area (TPSA) is 70.6 Å². The average molecular weight is 395 g/mol. The van der Waals surface area contributed by atoms with E-state index in [1.807, 2.05) is 0 Å². The van der Waals surface area contributed by atoms with Gasteiger partial charge in [-0.15, -0.1) is 24.0 Å². The van der Waals surface area contributed by atoms with Gasteiger partial charge in [-0.25, -0.2) is 0 Å². The number of nitrogens with two attached hydrogens (primary N) is 1. The van der Waals surface area contributed by atoms with Crippen molar-refractivity contribution in [3.05, 3.63) is 0 Å². The first-order chi connectivity index (χ1) is 9.24. The van der Waals surface area contributed by atoms with Crippen molar-refractivity contribution in [2.75, 3.05) is 19.7 Å². The van der Waals surface area contributed by atoms with Crippen molar-refractivity contribution < 1.29 is 5.11 Å². The number of aliphatic hydroxyl groups is 1. The SMILES string of the molecule is I.NC(=NCC1(CCO)CCCCC1)NCC1CCC1. The monoisotopic (exact) mass is 395 g/mol. The summed E-state index contributed by atoms with van der Waals surface area (Å²) >= 11 is 0. The number of aliphatic hydroxyl groups excluding tert-OH is 1. The van der Waals surface area contributed by atoms with E-state index in [4.69, 9.17) is 5.73 Å². The predicted octanol–water partition coefficient (Wildman–Crippen LogP) is 2.64.